The molecule has 1 aliphatic carbocycles. The molecule has 1 aromatic carbocycles. The third-order valence-corrected chi connectivity index (χ3v) is 7.79. The van der Waals surface area contributed by atoms with E-state index < -0.39 is 18.0 Å². The summed E-state index contributed by atoms with van der Waals surface area (Å²) in [6.45, 7) is 11.0. The second-order valence-corrected chi connectivity index (χ2v) is 10.5. The molecule has 6 nitrogen and oxygen atoms in total. The molecule has 0 bridgehead atoms. The first kappa shape index (κ1) is 25.3. The van der Waals surface area contributed by atoms with E-state index in [2.05, 4.69) is 46.0 Å². The molecule has 6 heteroatoms. The van der Waals surface area contributed by atoms with Crippen molar-refractivity contribution < 1.29 is 19.1 Å². The van der Waals surface area contributed by atoms with Crippen molar-refractivity contribution in [2.24, 2.45) is 17.1 Å². The van der Waals surface area contributed by atoms with Gasteiger partial charge in [-0.2, -0.15) is 0 Å². The van der Waals surface area contributed by atoms with E-state index in [4.69, 9.17) is 15.2 Å². The van der Waals surface area contributed by atoms with Gasteiger partial charge in [-0.25, -0.2) is 4.79 Å². The smallest absolute Gasteiger partial charge is 0.408 e. The van der Waals surface area contributed by atoms with E-state index in [0.29, 0.717) is 12.3 Å². The average molecular weight is 457 g/mol. The second-order valence-electron chi connectivity index (χ2n) is 10.5. The standard InChI is InChI=1S/C27H40N2O4/c1-6-26(4)15-14-20(17-22(26)27(5)23(33-27)13-12-18(2)3)32-25(31)29-21(24(28)30)16-19-10-8-7-9-11-19/h7-12,20-23H,6,13-17H2,1-5H3,(H2,28,30)(H,29,31)/t20-,21-,22+,23-,26+,27-/m1/s1. The number of primary amides is 1. The van der Waals surface area contributed by atoms with E-state index in [1.807, 2.05) is 30.3 Å². The lowest BCUT2D eigenvalue weighted by Gasteiger charge is -2.46. The van der Waals surface area contributed by atoms with Crippen LogP contribution < -0.4 is 11.1 Å². The molecule has 2 amide bonds. The third kappa shape index (κ3) is 6.17. The first-order chi connectivity index (χ1) is 15.6. The minimum atomic E-state index is -0.807. The number of hydrogen-bond donors (Lipinski definition) is 2. The van der Waals surface area contributed by atoms with Gasteiger partial charge < -0.3 is 20.5 Å². The van der Waals surface area contributed by atoms with Crippen molar-refractivity contribution in [1.29, 1.82) is 0 Å². The Hall–Kier alpha value is -2.34. The van der Waals surface area contributed by atoms with E-state index in [9.17, 15) is 9.59 Å². The van der Waals surface area contributed by atoms with Crippen LogP contribution in [0.1, 0.15) is 72.3 Å². The average Bonchev–Trinajstić information content (AvgIpc) is 3.44. The Bertz CT molecular complexity index is 866. The molecule has 1 aliphatic heterocycles. The van der Waals surface area contributed by atoms with Gasteiger partial charge in [0, 0.05) is 6.42 Å². The monoisotopic (exact) mass is 456 g/mol. The summed E-state index contributed by atoms with van der Waals surface area (Å²) in [7, 11) is 0. The maximum atomic E-state index is 12.7. The molecule has 2 aliphatic rings. The molecule has 1 aromatic rings. The molecule has 1 saturated heterocycles. The number of nitrogens with two attached hydrogens (primary N) is 1. The largest absolute Gasteiger partial charge is 0.446 e. The Morgan fingerprint density at radius 2 is 1.97 bits per heavy atom. The Labute approximate surface area is 198 Å². The van der Waals surface area contributed by atoms with Crippen LogP contribution >= 0.6 is 0 Å². The maximum Gasteiger partial charge on any atom is 0.408 e. The summed E-state index contributed by atoms with van der Waals surface area (Å²) in [6.07, 6.45) is 6.52. The summed E-state index contributed by atoms with van der Waals surface area (Å²) in [5.41, 5.74) is 7.72. The predicted molar refractivity (Wildman–Crippen MR) is 130 cm³/mol. The molecule has 6 atom stereocenters. The topological polar surface area (TPSA) is 93.9 Å². The summed E-state index contributed by atoms with van der Waals surface area (Å²) >= 11 is 0. The van der Waals surface area contributed by atoms with E-state index in [-0.39, 0.29) is 23.2 Å². The Kier molecular flexibility index (Phi) is 7.88. The molecule has 2 fully saturated rings. The lowest BCUT2D eigenvalue weighted by molar-refractivity contribution is -0.120. The summed E-state index contributed by atoms with van der Waals surface area (Å²) in [6, 6.07) is 8.69. The number of alkyl carbamates (subject to hydrolysis) is 1. The fourth-order valence-electron chi connectivity index (χ4n) is 5.39. The highest BCUT2D eigenvalue weighted by Gasteiger charge is 2.62. The number of amides is 2. The van der Waals surface area contributed by atoms with Gasteiger partial charge in [0.15, 0.2) is 0 Å². The maximum absolute atomic E-state index is 12.7. The van der Waals surface area contributed by atoms with E-state index >= 15 is 0 Å². The lowest BCUT2D eigenvalue weighted by Crippen LogP contribution is -2.49. The third-order valence-electron chi connectivity index (χ3n) is 7.79. The number of carbonyl (C=O) groups excluding carboxylic acids is 2. The van der Waals surface area contributed by atoms with Gasteiger partial charge in [0.25, 0.3) is 0 Å². The minimum absolute atomic E-state index is 0.147. The van der Waals surface area contributed by atoms with Crippen molar-refractivity contribution in [2.45, 2.75) is 97.0 Å². The van der Waals surface area contributed by atoms with Gasteiger partial charge in [0.1, 0.15) is 12.1 Å². The molecule has 1 heterocycles. The zero-order valence-corrected chi connectivity index (χ0v) is 20.7. The highest BCUT2D eigenvalue weighted by molar-refractivity contribution is 5.84. The summed E-state index contributed by atoms with van der Waals surface area (Å²) in [4.78, 5) is 24.6. The fraction of sp³-hybridized carbons (Fsp3) is 0.630. The molecule has 3 rings (SSSR count). The summed E-state index contributed by atoms with van der Waals surface area (Å²) in [5.74, 6) is -0.273. The number of allylic oxidation sites excluding steroid dienone is 1. The summed E-state index contributed by atoms with van der Waals surface area (Å²) < 4.78 is 12.1. The van der Waals surface area contributed by atoms with Gasteiger partial charge in [-0.05, 0) is 63.4 Å². The van der Waals surface area contributed by atoms with Crippen LogP contribution in [0, 0.1) is 11.3 Å². The fourth-order valence-corrected chi connectivity index (χ4v) is 5.39. The SMILES string of the molecule is CC[C@@]1(C)CC[C@@H](OC(=O)N[C@H](Cc2ccccc2)C(N)=O)C[C@@H]1[C@@]1(C)O[C@@H]1CC=C(C)C. The van der Waals surface area contributed by atoms with Crippen molar-refractivity contribution in [1.82, 2.24) is 5.32 Å². The first-order valence-electron chi connectivity index (χ1n) is 12.2. The molecule has 3 N–H and O–H groups in total. The summed E-state index contributed by atoms with van der Waals surface area (Å²) in [5, 5.41) is 2.68. The lowest BCUT2D eigenvalue weighted by atomic mass is 9.60. The molecule has 1 saturated carbocycles. The van der Waals surface area contributed by atoms with E-state index in [1.54, 1.807) is 0 Å². The highest BCUT2D eigenvalue weighted by Crippen LogP contribution is 2.58. The predicted octanol–water partition coefficient (Wildman–Crippen LogP) is 4.91. The molecular weight excluding hydrogens is 416 g/mol. The minimum Gasteiger partial charge on any atom is -0.446 e. The van der Waals surface area contributed by atoms with Crippen LogP contribution in [0.2, 0.25) is 0 Å². The van der Waals surface area contributed by atoms with Crippen molar-refractivity contribution in [2.75, 3.05) is 0 Å². The van der Waals surface area contributed by atoms with Crippen molar-refractivity contribution in [3.05, 3.63) is 47.5 Å². The number of carbonyl (C=O) groups is 2. The number of rotatable bonds is 9. The van der Waals surface area contributed by atoms with E-state index in [0.717, 1.165) is 37.7 Å². The molecule has 0 aromatic heterocycles. The number of nitrogens with one attached hydrogen (secondary N) is 1. The zero-order valence-electron chi connectivity index (χ0n) is 20.7. The van der Waals surface area contributed by atoms with Gasteiger partial charge in [-0.3, -0.25) is 4.79 Å². The number of benzene rings is 1. The molecule has 182 valence electrons. The van der Waals surface area contributed by atoms with E-state index in [1.165, 1.54) is 5.57 Å². The zero-order chi connectivity index (χ0) is 24.2. The Morgan fingerprint density at radius 3 is 2.58 bits per heavy atom. The van der Waals surface area contributed by atoms with Crippen LogP contribution in [0.3, 0.4) is 0 Å². The molecular formula is C27H40N2O4. The van der Waals surface area contributed by atoms with Crippen molar-refractivity contribution in [3.63, 3.8) is 0 Å². The van der Waals surface area contributed by atoms with Crippen molar-refractivity contribution >= 4 is 12.0 Å². The Morgan fingerprint density at radius 1 is 1.27 bits per heavy atom. The van der Waals surface area contributed by atoms with Crippen molar-refractivity contribution in [3.8, 4) is 0 Å². The molecule has 0 spiro atoms. The number of hydrogen-bond acceptors (Lipinski definition) is 4. The van der Waals surface area contributed by atoms with Gasteiger partial charge in [-0.15, -0.1) is 0 Å². The van der Waals surface area contributed by atoms with Crippen LogP contribution in [0.4, 0.5) is 4.79 Å². The van der Waals surface area contributed by atoms with Crippen LogP contribution in [-0.2, 0) is 20.7 Å². The quantitative estimate of drug-likeness (QED) is 0.408. The van der Waals surface area contributed by atoms with Crippen LogP contribution in [-0.4, -0.2) is 35.9 Å². The highest BCUT2D eigenvalue weighted by atomic mass is 16.6. The van der Waals surface area contributed by atoms with Gasteiger partial charge in [-0.1, -0.05) is 62.2 Å². The van der Waals surface area contributed by atoms with Crippen LogP contribution in [0.15, 0.2) is 42.0 Å². The van der Waals surface area contributed by atoms with Gasteiger partial charge >= 0.3 is 6.09 Å². The van der Waals surface area contributed by atoms with Gasteiger partial charge in [0.05, 0.1) is 11.7 Å². The molecule has 0 radical (unpaired) electrons. The number of ether oxygens (including phenoxy) is 2. The molecule has 33 heavy (non-hydrogen) atoms. The van der Waals surface area contributed by atoms with Crippen LogP contribution in [0.25, 0.3) is 0 Å². The van der Waals surface area contributed by atoms with Crippen LogP contribution in [0.5, 0.6) is 0 Å². The van der Waals surface area contributed by atoms with Gasteiger partial charge in [0.2, 0.25) is 5.91 Å². The normalized spacial score (nSPS) is 31.8. The number of epoxide rings is 1. The molecule has 0 unspecified atom stereocenters. The first-order valence-corrected chi connectivity index (χ1v) is 12.2. The second kappa shape index (κ2) is 10.3. The Balaban J connectivity index is 1.62.